The topological polar surface area (TPSA) is 88.5 Å². The second-order valence-corrected chi connectivity index (χ2v) is 8.66. The first-order valence-electron chi connectivity index (χ1n) is 11.8. The fourth-order valence-electron chi connectivity index (χ4n) is 4.40. The molecule has 1 atom stereocenters. The van der Waals surface area contributed by atoms with Crippen LogP contribution in [-0.4, -0.2) is 51.7 Å². The summed E-state index contributed by atoms with van der Waals surface area (Å²) in [6.45, 7) is 2.31. The molecule has 3 aromatic carbocycles. The molecule has 1 fully saturated rings. The number of ketones is 1. The number of carbonyl (C=O) groups excluding carboxylic acids is 2. The summed E-state index contributed by atoms with van der Waals surface area (Å²) in [5.74, 6) is -0.361. The minimum atomic E-state index is -0.870. The van der Waals surface area contributed by atoms with Crippen molar-refractivity contribution in [3.63, 3.8) is 0 Å². The number of rotatable bonds is 8. The van der Waals surface area contributed by atoms with Crippen molar-refractivity contribution in [2.75, 3.05) is 44.7 Å². The van der Waals surface area contributed by atoms with Crippen LogP contribution in [0.5, 0.6) is 17.2 Å². The number of nitrogens with zero attached hydrogens (tertiary/aromatic N) is 2. The molecular weight excluding hydrogens is 472 g/mol. The number of hydrogen-bond acceptors (Lipinski definition) is 7. The molecule has 8 heteroatoms. The Hall–Kier alpha value is -4.46. The summed E-state index contributed by atoms with van der Waals surface area (Å²) in [6, 6.07) is 18.4. The highest BCUT2D eigenvalue weighted by Crippen LogP contribution is 2.44. The third-order valence-electron chi connectivity index (χ3n) is 6.23. The molecule has 0 bridgehead atoms. The van der Waals surface area contributed by atoms with Crippen LogP contribution in [0.3, 0.4) is 0 Å². The first-order chi connectivity index (χ1) is 17.8. The molecule has 1 N–H and O–H groups in total. The van der Waals surface area contributed by atoms with E-state index >= 15 is 0 Å². The average molecular weight is 503 g/mol. The monoisotopic (exact) mass is 502 g/mol. The Bertz CT molecular complexity index is 1350. The molecule has 192 valence electrons. The number of amides is 1. The van der Waals surface area contributed by atoms with Crippen molar-refractivity contribution in [3.05, 3.63) is 83.4 Å². The molecule has 0 saturated carbocycles. The van der Waals surface area contributed by atoms with Crippen LogP contribution in [0.4, 0.5) is 11.4 Å². The zero-order valence-corrected chi connectivity index (χ0v) is 21.5. The first kappa shape index (κ1) is 25.6. The van der Waals surface area contributed by atoms with Crippen LogP contribution in [-0.2, 0) is 9.59 Å². The Kier molecular flexibility index (Phi) is 7.38. The minimum Gasteiger partial charge on any atom is -0.507 e. The third-order valence-corrected chi connectivity index (χ3v) is 6.23. The van der Waals surface area contributed by atoms with E-state index < -0.39 is 17.7 Å². The maximum Gasteiger partial charge on any atom is 0.300 e. The molecule has 1 amide bonds. The number of anilines is 2. The highest BCUT2D eigenvalue weighted by molar-refractivity contribution is 6.51. The van der Waals surface area contributed by atoms with Crippen LogP contribution in [0, 0.1) is 0 Å². The summed E-state index contributed by atoms with van der Waals surface area (Å²) >= 11 is 0. The lowest BCUT2D eigenvalue weighted by atomic mass is 9.94. The van der Waals surface area contributed by atoms with Crippen LogP contribution in [0.25, 0.3) is 5.76 Å². The van der Waals surface area contributed by atoms with Crippen LogP contribution in [0.15, 0.2) is 72.3 Å². The van der Waals surface area contributed by atoms with E-state index in [0.717, 1.165) is 5.69 Å². The quantitative estimate of drug-likeness (QED) is 0.269. The third kappa shape index (κ3) is 4.82. The second kappa shape index (κ2) is 10.7. The Morgan fingerprint density at radius 3 is 2.27 bits per heavy atom. The van der Waals surface area contributed by atoms with Crippen molar-refractivity contribution in [1.29, 1.82) is 0 Å². The molecule has 0 aromatic heterocycles. The van der Waals surface area contributed by atoms with Crippen LogP contribution in [0.2, 0.25) is 0 Å². The van der Waals surface area contributed by atoms with Crippen LogP contribution < -0.4 is 24.0 Å². The molecule has 3 aromatic rings. The lowest BCUT2D eigenvalue weighted by Gasteiger charge is -2.26. The van der Waals surface area contributed by atoms with Gasteiger partial charge in [0, 0.05) is 37.1 Å². The van der Waals surface area contributed by atoms with E-state index in [0.29, 0.717) is 40.7 Å². The summed E-state index contributed by atoms with van der Waals surface area (Å²) in [7, 11) is 6.87. The standard InChI is InChI=1S/C29H30N2O6/c1-6-37-22-9-7-8-19(16-22)27(32)25-26(18-10-12-20(13-11-18)30(2)3)31(29(34)28(25)33)21-14-15-23(35-4)24(17-21)36-5/h7-17,26,32H,6H2,1-5H3/b27-25+. The second-order valence-electron chi connectivity index (χ2n) is 8.66. The molecule has 1 saturated heterocycles. The van der Waals surface area contributed by atoms with Gasteiger partial charge in [0.15, 0.2) is 11.5 Å². The molecule has 0 aliphatic carbocycles. The number of Topliss-reactive ketones (excluding diaryl/α,β-unsaturated/α-hetero) is 1. The number of benzene rings is 3. The molecule has 1 heterocycles. The summed E-state index contributed by atoms with van der Waals surface area (Å²) in [5.41, 5.74) is 2.43. The zero-order valence-electron chi connectivity index (χ0n) is 21.5. The Morgan fingerprint density at radius 2 is 1.65 bits per heavy atom. The predicted octanol–water partition coefficient (Wildman–Crippen LogP) is 4.79. The molecular formula is C29H30N2O6. The van der Waals surface area contributed by atoms with E-state index in [9.17, 15) is 14.7 Å². The lowest BCUT2D eigenvalue weighted by molar-refractivity contribution is -0.132. The highest BCUT2D eigenvalue weighted by atomic mass is 16.5. The highest BCUT2D eigenvalue weighted by Gasteiger charge is 2.47. The average Bonchev–Trinajstić information content (AvgIpc) is 3.18. The van der Waals surface area contributed by atoms with E-state index in [1.807, 2.05) is 50.2 Å². The van der Waals surface area contributed by atoms with Crippen LogP contribution in [0.1, 0.15) is 24.1 Å². The predicted molar refractivity (Wildman–Crippen MR) is 143 cm³/mol. The Morgan fingerprint density at radius 1 is 0.946 bits per heavy atom. The van der Waals surface area contributed by atoms with Gasteiger partial charge >= 0.3 is 0 Å². The number of methoxy groups -OCH3 is 2. The molecule has 8 nitrogen and oxygen atoms in total. The van der Waals surface area contributed by atoms with Gasteiger partial charge in [0.1, 0.15) is 11.5 Å². The van der Waals surface area contributed by atoms with Crippen molar-refractivity contribution >= 4 is 28.8 Å². The number of aliphatic hydroxyl groups is 1. The molecule has 4 rings (SSSR count). The first-order valence-corrected chi connectivity index (χ1v) is 11.8. The minimum absolute atomic E-state index is 0.00830. The van der Waals surface area contributed by atoms with Gasteiger partial charge in [-0.05, 0) is 48.9 Å². The number of ether oxygens (including phenoxy) is 3. The SMILES string of the molecule is CCOc1cccc(/C(O)=C2\C(=O)C(=O)N(c3ccc(OC)c(OC)c3)C2c2ccc(N(C)C)cc2)c1. The number of hydrogen-bond donors (Lipinski definition) is 1. The molecule has 1 aliphatic rings. The van der Waals surface area contributed by atoms with Gasteiger partial charge in [-0.2, -0.15) is 0 Å². The van der Waals surface area contributed by atoms with Gasteiger partial charge in [-0.25, -0.2) is 0 Å². The smallest absolute Gasteiger partial charge is 0.300 e. The van der Waals surface area contributed by atoms with Gasteiger partial charge in [0.2, 0.25) is 0 Å². The molecule has 1 aliphatic heterocycles. The van der Waals surface area contributed by atoms with Gasteiger partial charge < -0.3 is 24.2 Å². The van der Waals surface area contributed by atoms with Gasteiger partial charge in [-0.1, -0.05) is 24.3 Å². The van der Waals surface area contributed by atoms with E-state index in [1.165, 1.54) is 19.1 Å². The number of carbonyl (C=O) groups is 2. The molecule has 1 unspecified atom stereocenters. The van der Waals surface area contributed by atoms with Crippen molar-refractivity contribution in [3.8, 4) is 17.2 Å². The fraction of sp³-hybridized carbons (Fsp3) is 0.241. The van der Waals surface area contributed by atoms with E-state index in [-0.39, 0.29) is 11.3 Å². The van der Waals surface area contributed by atoms with E-state index in [2.05, 4.69) is 0 Å². The molecule has 37 heavy (non-hydrogen) atoms. The van der Waals surface area contributed by atoms with Crippen molar-refractivity contribution in [1.82, 2.24) is 0 Å². The largest absolute Gasteiger partial charge is 0.507 e. The summed E-state index contributed by atoms with van der Waals surface area (Å²) < 4.78 is 16.3. The lowest BCUT2D eigenvalue weighted by Crippen LogP contribution is -2.29. The summed E-state index contributed by atoms with van der Waals surface area (Å²) in [5, 5.41) is 11.4. The number of aliphatic hydroxyl groups excluding tert-OH is 1. The summed E-state index contributed by atoms with van der Waals surface area (Å²) in [6.07, 6.45) is 0. The summed E-state index contributed by atoms with van der Waals surface area (Å²) in [4.78, 5) is 30.2. The zero-order chi connectivity index (χ0) is 26.7. The van der Waals surface area contributed by atoms with Crippen LogP contribution >= 0.6 is 0 Å². The maximum absolute atomic E-state index is 13.5. The van der Waals surface area contributed by atoms with E-state index in [4.69, 9.17) is 14.2 Å². The van der Waals surface area contributed by atoms with Crippen molar-refractivity contribution in [2.24, 2.45) is 0 Å². The Balaban J connectivity index is 1.92. The van der Waals surface area contributed by atoms with Gasteiger partial charge in [-0.15, -0.1) is 0 Å². The maximum atomic E-state index is 13.5. The van der Waals surface area contributed by atoms with Gasteiger partial charge in [-0.3, -0.25) is 14.5 Å². The Labute approximate surface area is 216 Å². The molecule has 0 radical (unpaired) electrons. The molecule has 0 spiro atoms. The van der Waals surface area contributed by atoms with Gasteiger partial charge in [0.25, 0.3) is 11.7 Å². The van der Waals surface area contributed by atoms with Gasteiger partial charge in [0.05, 0.1) is 32.4 Å². The fourth-order valence-corrected chi connectivity index (χ4v) is 4.40. The van der Waals surface area contributed by atoms with Crippen molar-refractivity contribution in [2.45, 2.75) is 13.0 Å². The van der Waals surface area contributed by atoms with Crippen molar-refractivity contribution < 1.29 is 28.9 Å². The van der Waals surface area contributed by atoms with E-state index in [1.54, 1.807) is 42.5 Å². The normalized spacial score (nSPS) is 16.6.